The zero-order valence-corrected chi connectivity index (χ0v) is 13.3. The van der Waals surface area contributed by atoms with Crippen LogP contribution in [0.5, 0.6) is 0 Å². The van der Waals surface area contributed by atoms with E-state index in [9.17, 15) is 14.9 Å². The molecule has 0 heterocycles. The molecule has 1 aliphatic carbocycles. The fourth-order valence-electron chi connectivity index (χ4n) is 2.75. The van der Waals surface area contributed by atoms with Crippen LogP contribution in [0.25, 0.3) is 0 Å². The van der Waals surface area contributed by atoms with Crippen molar-refractivity contribution < 1.29 is 9.59 Å². The number of nitriles is 1. The Morgan fingerprint density at radius 2 is 1.86 bits per heavy atom. The highest BCUT2D eigenvalue weighted by Gasteiger charge is 2.43. The molecule has 0 aliphatic heterocycles. The van der Waals surface area contributed by atoms with E-state index in [4.69, 9.17) is 0 Å². The topological polar surface area (TPSA) is 73.2 Å². The molecule has 2 rings (SSSR count). The summed E-state index contributed by atoms with van der Waals surface area (Å²) >= 11 is 0. The molecule has 5 nitrogen and oxygen atoms in total. The van der Waals surface area contributed by atoms with Crippen molar-refractivity contribution in [3.8, 4) is 6.07 Å². The number of hydrogen-bond acceptors (Lipinski definition) is 3. The predicted octanol–water partition coefficient (Wildman–Crippen LogP) is 1.94. The molecule has 116 valence electrons. The van der Waals surface area contributed by atoms with Crippen LogP contribution in [0.4, 0.5) is 0 Å². The second-order valence-electron chi connectivity index (χ2n) is 6.01. The Bertz CT molecular complexity index is 622. The summed E-state index contributed by atoms with van der Waals surface area (Å²) in [6.45, 7) is 3.76. The normalized spacial score (nSPS) is 15.4. The number of carbonyl (C=O) groups is 2. The number of nitrogens with zero attached hydrogens (tertiary/aromatic N) is 2. The van der Waals surface area contributed by atoms with Crippen molar-refractivity contribution in [2.24, 2.45) is 0 Å². The zero-order valence-electron chi connectivity index (χ0n) is 13.3. The number of amides is 2. The Balaban J connectivity index is 1.96. The molecule has 0 atom stereocenters. The van der Waals surface area contributed by atoms with Crippen LogP contribution in [0.3, 0.4) is 0 Å². The van der Waals surface area contributed by atoms with Gasteiger partial charge in [-0.25, -0.2) is 0 Å². The van der Waals surface area contributed by atoms with Crippen LogP contribution in [0.1, 0.15) is 40.7 Å². The third-order valence-electron chi connectivity index (χ3n) is 4.29. The third-order valence-corrected chi connectivity index (χ3v) is 4.29. The van der Waals surface area contributed by atoms with Crippen LogP contribution < -0.4 is 5.32 Å². The van der Waals surface area contributed by atoms with Gasteiger partial charge in [0, 0.05) is 12.6 Å². The van der Waals surface area contributed by atoms with Crippen LogP contribution >= 0.6 is 0 Å². The van der Waals surface area contributed by atoms with Gasteiger partial charge < -0.3 is 10.2 Å². The quantitative estimate of drug-likeness (QED) is 0.923. The van der Waals surface area contributed by atoms with Gasteiger partial charge in [-0.2, -0.15) is 5.26 Å². The Morgan fingerprint density at radius 1 is 1.27 bits per heavy atom. The number of aryl methyl sites for hydroxylation is 2. The largest absolute Gasteiger partial charge is 0.343 e. The number of carbonyl (C=O) groups excluding carboxylic acids is 2. The molecule has 0 radical (unpaired) electrons. The summed E-state index contributed by atoms with van der Waals surface area (Å²) in [7, 11) is 1.63. The van der Waals surface area contributed by atoms with E-state index >= 15 is 0 Å². The molecule has 22 heavy (non-hydrogen) atoms. The molecule has 0 saturated heterocycles. The van der Waals surface area contributed by atoms with E-state index < -0.39 is 5.54 Å². The fourth-order valence-corrected chi connectivity index (χ4v) is 2.75. The lowest BCUT2D eigenvalue weighted by Crippen LogP contribution is -2.55. The number of nitrogens with one attached hydrogen (secondary N) is 1. The van der Waals surface area contributed by atoms with Gasteiger partial charge in [-0.3, -0.25) is 9.59 Å². The lowest BCUT2D eigenvalue weighted by molar-refractivity contribution is -0.135. The molecule has 0 spiro atoms. The minimum atomic E-state index is -0.679. The Hall–Kier alpha value is -2.35. The van der Waals surface area contributed by atoms with Gasteiger partial charge in [0.2, 0.25) is 5.91 Å². The second-order valence-corrected chi connectivity index (χ2v) is 6.01. The molecular formula is C17H21N3O2. The standard InChI is InChI=1S/C17H21N3O2/c1-12-7-13(2)9-14(8-12)16(22)19-10-15(21)20(3)17(11-18)5-4-6-17/h7-9H,4-6,10H2,1-3H3,(H,19,22). The number of rotatable bonds is 4. The highest BCUT2D eigenvalue weighted by atomic mass is 16.2. The second kappa shape index (κ2) is 6.18. The lowest BCUT2D eigenvalue weighted by Gasteiger charge is -2.42. The summed E-state index contributed by atoms with van der Waals surface area (Å²) in [6.07, 6.45) is 2.37. The Labute approximate surface area is 130 Å². The maximum Gasteiger partial charge on any atom is 0.251 e. The van der Waals surface area contributed by atoms with Crippen molar-refractivity contribution in [1.29, 1.82) is 5.26 Å². The van der Waals surface area contributed by atoms with Crippen molar-refractivity contribution in [3.05, 3.63) is 34.9 Å². The van der Waals surface area contributed by atoms with Crippen molar-refractivity contribution in [1.82, 2.24) is 10.2 Å². The van der Waals surface area contributed by atoms with Crippen LogP contribution in [0.2, 0.25) is 0 Å². The molecule has 1 aromatic rings. The first kappa shape index (κ1) is 16.0. The van der Waals surface area contributed by atoms with Gasteiger partial charge in [0.05, 0.1) is 12.6 Å². The van der Waals surface area contributed by atoms with Gasteiger partial charge >= 0.3 is 0 Å². The molecule has 1 aliphatic rings. The van der Waals surface area contributed by atoms with E-state index in [1.165, 1.54) is 4.90 Å². The summed E-state index contributed by atoms with van der Waals surface area (Å²) in [6, 6.07) is 7.79. The minimum Gasteiger partial charge on any atom is -0.343 e. The SMILES string of the molecule is Cc1cc(C)cc(C(=O)NCC(=O)N(C)C2(C#N)CCC2)c1. The van der Waals surface area contributed by atoms with E-state index in [-0.39, 0.29) is 18.4 Å². The van der Waals surface area contributed by atoms with E-state index in [1.54, 1.807) is 19.2 Å². The van der Waals surface area contributed by atoms with Crippen molar-refractivity contribution in [3.63, 3.8) is 0 Å². The van der Waals surface area contributed by atoms with Gasteiger partial charge in [-0.05, 0) is 45.2 Å². The predicted molar refractivity (Wildman–Crippen MR) is 83.2 cm³/mol. The molecule has 0 bridgehead atoms. The monoisotopic (exact) mass is 299 g/mol. The Kier molecular flexibility index (Phi) is 4.51. The molecular weight excluding hydrogens is 278 g/mol. The fraction of sp³-hybridized carbons (Fsp3) is 0.471. The van der Waals surface area contributed by atoms with Crippen molar-refractivity contribution in [2.45, 2.75) is 38.6 Å². The molecule has 1 N–H and O–H groups in total. The summed E-state index contributed by atoms with van der Waals surface area (Å²) in [4.78, 5) is 25.8. The Morgan fingerprint density at radius 3 is 2.32 bits per heavy atom. The smallest absolute Gasteiger partial charge is 0.251 e. The minimum absolute atomic E-state index is 0.0915. The number of likely N-dealkylation sites (N-methyl/N-ethyl adjacent to an activating group) is 1. The lowest BCUT2D eigenvalue weighted by atomic mass is 9.76. The molecule has 1 saturated carbocycles. The van der Waals surface area contributed by atoms with Gasteiger partial charge in [-0.1, -0.05) is 17.2 Å². The first-order valence-electron chi connectivity index (χ1n) is 7.42. The molecule has 2 amide bonds. The molecule has 1 aromatic carbocycles. The zero-order chi connectivity index (χ0) is 16.3. The molecule has 0 aromatic heterocycles. The first-order chi connectivity index (χ1) is 10.4. The van der Waals surface area contributed by atoms with E-state index in [0.717, 1.165) is 17.5 Å². The summed E-state index contributed by atoms with van der Waals surface area (Å²) in [5, 5.41) is 11.9. The van der Waals surface area contributed by atoms with Gasteiger partial charge in [-0.15, -0.1) is 0 Å². The molecule has 5 heteroatoms. The van der Waals surface area contributed by atoms with Gasteiger partial charge in [0.25, 0.3) is 5.91 Å². The maximum atomic E-state index is 12.2. The van der Waals surface area contributed by atoms with Gasteiger partial charge in [0.15, 0.2) is 0 Å². The highest BCUT2D eigenvalue weighted by Crippen LogP contribution is 2.36. The van der Waals surface area contributed by atoms with Crippen LogP contribution in [-0.4, -0.2) is 35.8 Å². The third kappa shape index (κ3) is 3.11. The van der Waals surface area contributed by atoms with E-state index in [1.807, 2.05) is 19.9 Å². The van der Waals surface area contributed by atoms with E-state index in [2.05, 4.69) is 11.4 Å². The maximum absolute atomic E-state index is 12.2. The summed E-state index contributed by atoms with van der Waals surface area (Å²) in [5.41, 5.74) is 1.88. The number of benzene rings is 1. The average molecular weight is 299 g/mol. The summed E-state index contributed by atoms with van der Waals surface area (Å²) in [5.74, 6) is -0.507. The van der Waals surface area contributed by atoms with Crippen molar-refractivity contribution in [2.75, 3.05) is 13.6 Å². The van der Waals surface area contributed by atoms with Crippen LogP contribution in [0, 0.1) is 25.2 Å². The van der Waals surface area contributed by atoms with E-state index in [0.29, 0.717) is 18.4 Å². The molecule has 0 unspecified atom stereocenters. The van der Waals surface area contributed by atoms with Crippen LogP contribution in [0.15, 0.2) is 18.2 Å². The number of hydrogen-bond donors (Lipinski definition) is 1. The first-order valence-corrected chi connectivity index (χ1v) is 7.42. The summed E-state index contributed by atoms with van der Waals surface area (Å²) < 4.78 is 0. The van der Waals surface area contributed by atoms with Gasteiger partial charge in [0.1, 0.15) is 5.54 Å². The molecule has 1 fully saturated rings. The van der Waals surface area contributed by atoms with Crippen LogP contribution in [-0.2, 0) is 4.79 Å². The average Bonchev–Trinajstić information content (AvgIpc) is 2.42. The van der Waals surface area contributed by atoms with Crippen molar-refractivity contribution >= 4 is 11.8 Å². The highest BCUT2D eigenvalue weighted by molar-refractivity contribution is 5.96.